The van der Waals surface area contributed by atoms with Gasteiger partial charge in [-0.1, -0.05) is 44.2 Å². The Hall–Kier alpha value is -4.28. The summed E-state index contributed by atoms with van der Waals surface area (Å²) in [5.74, 6) is -2.62. The molecule has 4 amide bonds. The number of nitrogens with one attached hydrogen (secondary N) is 3. The standard InChI is InChI=1S/C46H69N7O9/c1-44-19-16-30(60-3)24-29(44)14-15-31-32(44)17-20-45(2)33(31)25-37(62-46(45)18-9-23-61-46)41(58)51-34(12-7-21-49-43(47)48)42(59)53-22-8-13-36(53)40(57)52-35(26-38(54)55)39(56)50-27-28-10-5-4-6-11-28/h4-6,10-11,29-37H,7-9,12-27H2,1-3H3,(H,50,56)(H,51,58)(H,52,57)(H,54,55)(H4,47,48,49)/t29-,30-,31+,32-,33-,34-,35-,36-,37+,44-,45-,46-/m0/s1. The van der Waals surface area contributed by atoms with Crippen molar-refractivity contribution >= 4 is 35.6 Å². The van der Waals surface area contributed by atoms with Crippen molar-refractivity contribution < 1.29 is 43.3 Å². The SMILES string of the molecule is CO[C@H]1CC[C@@]2(C)[C@@H](CC[C@@H]3[C@@H]2CC[C@@]2(C)[C@H]3C[C@H](C(=O)N[C@@H](CCCN=C(N)N)C(=O)N3CCC[C@H]3C(=O)N[C@@H](CC(=O)O)C(=O)NCc3ccccc3)O[C@@]23CCCO3)C1. The molecule has 0 unspecified atom stereocenters. The number of carboxylic acids is 1. The highest BCUT2D eigenvalue weighted by molar-refractivity contribution is 5.96. The van der Waals surface area contributed by atoms with E-state index in [1.54, 1.807) is 0 Å². The zero-order chi connectivity index (χ0) is 44.2. The van der Waals surface area contributed by atoms with Crippen LogP contribution in [0.25, 0.3) is 0 Å². The first-order valence-electron chi connectivity index (χ1n) is 23.0. The van der Waals surface area contributed by atoms with E-state index in [1.165, 1.54) is 4.90 Å². The Morgan fingerprint density at radius 2 is 1.71 bits per heavy atom. The van der Waals surface area contributed by atoms with Gasteiger partial charge in [-0.15, -0.1) is 0 Å². The number of ether oxygens (including phenoxy) is 3. The van der Waals surface area contributed by atoms with Crippen LogP contribution in [0.2, 0.25) is 0 Å². The summed E-state index contributed by atoms with van der Waals surface area (Å²) in [6.45, 7) is 6.01. The molecular formula is C46H69N7O9. The highest BCUT2D eigenvalue weighted by Crippen LogP contribution is 2.68. The van der Waals surface area contributed by atoms with Crippen LogP contribution < -0.4 is 27.4 Å². The molecule has 16 nitrogen and oxygen atoms in total. The molecule has 6 aliphatic rings. The van der Waals surface area contributed by atoms with Gasteiger partial charge in [-0.25, -0.2) is 0 Å². The Morgan fingerprint density at radius 1 is 0.935 bits per heavy atom. The molecule has 342 valence electrons. The van der Waals surface area contributed by atoms with E-state index in [0.717, 1.165) is 56.9 Å². The molecule has 7 rings (SSSR count). The van der Waals surface area contributed by atoms with Crippen LogP contribution in [0.5, 0.6) is 0 Å². The van der Waals surface area contributed by atoms with Crippen LogP contribution in [0.1, 0.15) is 116 Å². The van der Waals surface area contributed by atoms with Crippen molar-refractivity contribution in [3.8, 4) is 0 Å². The van der Waals surface area contributed by atoms with Gasteiger partial charge in [0.05, 0.1) is 19.1 Å². The molecule has 0 aromatic heterocycles. The highest BCUT2D eigenvalue weighted by atomic mass is 16.7. The third-order valence-corrected chi connectivity index (χ3v) is 16.0. The summed E-state index contributed by atoms with van der Waals surface area (Å²) < 4.78 is 19.4. The Morgan fingerprint density at radius 3 is 2.42 bits per heavy atom. The van der Waals surface area contributed by atoms with E-state index in [9.17, 15) is 29.1 Å². The van der Waals surface area contributed by atoms with E-state index in [0.29, 0.717) is 62.6 Å². The zero-order valence-electron chi connectivity index (χ0n) is 36.8. The van der Waals surface area contributed by atoms with Crippen LogP contribution in [0.4, 0.5) is 0 Å². The molecule has 12 atom stereocenters. The molecule has 1 aromatic rings. The van der Waals surface area contributed by atoms with Gasteiger partial charge in [0, 0.05) is 38.6 Å². The Bertz CT molecular complexity index is 1820. The fourth-order valence-electron chi connectivity index (χ4n) is 12.7. The smallest absolute Gasteiger partial charge is 0.305 e. The first kappa shape index (κ1) is 45.7. The van der Waals surface area contributed by atoms with Crippen molar-refractivity contribution in [3.05, 3.63) is 35.9 Å². The molecule has 3 aliphatic heterocycles. The molecule has 1 spiro atoms. The largest absolute Gasteiger partial charge is 0.481 e. The summed E-state index contributed by atoms with van der Waals surface area (Å²) in [7, 11) is 1.83. The number of fused-ring (bicyclic) bond motifs is 6. The van der Waals surface area contributed by atoms with Gasteiger partial charge in [0.15, 0.2) is 11.7 Å². The summed E-state index contributed by atoms with van der Waals surface area (Å²) >= 11 is 0. The number of hydrogen-bond acceptors (Lipinski definition) is 9. The number of nitrogens with two attached hydrogens (primary N) is 2. The number of carboxylic acid groups (broad SMARTS) is 1. The Balaban J connectivity index is 1.08. The van der Waals surface area contributed by atoms with Gasteiger partial charge in [0.2, 0.25) is 23.6 Å². The predicted octanol–water partition coefficient (Wildman–Crippen LogP) is 3.35. The van der Waals surface area contributed by atoms with Crippen LogP contribution in [-0.4, -0.2) is 108 Å². The molecule has 3 saturated carbocycles. The summed E-state index contributed by atoms with van der Waals surface area (Å²) in [6, 6.07) is 5.76. The second kappa shape index (κ2) is 19.2. The maximum atomic E-state index is 14.7. The first-order valence-corrected chi connectivity index (χ1v) is 23.0. The molecule has 3 heterocycles. The second-order valence-corrected chi connectivity index (χ2v) is 19.4. The number of likely N-dealkylation sites (tertiary alicyclic amines) is 1. The summed E-state index contributed by atoms with van der Waals surface area (Å²) in [6.07, 6.45) is 9.89. The van der Waals surface area contributed by atoms with E-state index < -0.39 is 60.1 Å². The number of hydrogen-bond donors (Lipinski definition) is 6. The van der Waals surface area contributed by atoms with Crippen molar-refractivity contribution in [2.45, 2.75) is 153 Å². The highest BCUT2D eigenvalue weighted by Gasteiger charge is 2.67. The molecule has 3 saturated heterocycles. The van der Waals surface area contributed by atoms with Crippen molar-refractivity contribution in [2.75, 3.05) is 26.8 Å². The lowest BCUT2D eigenvalue weighted by molar-refractivity contribution is -0.348. The third-order valence-electron chi connectivity index (χ3n) is 16.0. The van der Waals surface area contributed by atoms with Gasteiger partial charge in [-0.05, 0) is 118 Å². The van der Waals surface area contributed by atoms with E-state index >= 15 is 0 Å². The van der Waals surface area contributed by atoms with E-state index in [-0.39, 0.29) is 54.7 Å². The molecule has 6 fully saturated rings. The normalized spacial score (nSPS) is 34.8. The number of carbonyl (C=O) groups is 5. The lowest BCUT2D eigenvalue weighted by Crippen LogP contribution is -2.66. The monoisotopic (exact) mass is 864 g/mol. The van der Waals surface area contributed by atoms with E-state index in [4.69, 9.17) is 25.7 Å². The van der Waals surface area contributed by atoms with Crippen LogP contribution in [0.15, 0.2) is 35.3 Å². The van der Waals surface area contributed by atoms with Crippen molar-refractivity contribution in [3.63, 3.8) is 0 Å². The number of methoxy groups -OCH3 is 1. The number of aliphatic carboxylic acids is 1. The summed E-state index contributed by atoms with van der Waals surface area (Å²) in [5, 5.41) is 18.0. The van der Waals surface area contributed by atoms with Crippen molar-refractivity contribution in [1.29, 1.82) is 0 Å². The molecule has 0 bridgehead atoms. The van der Waals surface area contributed by atoms with E-state index in [1.807, 2.05) is 37.4 Å². The maximum Gasteiger partial charge on any atom is 0.305 e. The van der Waals surface area contributed by atoms with Crippen LogP contribution in [0.3, 0.4) is 0 Å². The number of guanidine groups is 1. The molecule has 16 heteroatoms. The van der Waals surface area contributed by atoms with Crippen LogP contribution in [-0.2, 0) is 44.7 Å². The third kappa shape index (κ3) is 9.33. The lowest BCUT2D eigenvalue weighted by Gasteiger charge is -2.66. The molecule has 1 aromatic carbocycles. The van der Waals surface area contributed by atoms with Gasteiger partial charge in [0.1, 0.15) is 24.2 Å². The van der Waals surface area contributed by atoms with Gasteiger partial charge in [-0.2, -0.15) is 0 Å². The number of rotatable bonds is 15. The van der Waals surface area contributed by atoms with Crippen LogP contribution in [0, 0.1) is 34.5 Å². The zero-order valence-corrected chi connectivity index (χ0v) is 36.8. The van der Waals surface area contributed by atoms with Crippen LogP contribution >= 0.6 is 0 Å². The molecule has 62 heavy (non-hydrogen) atoms. The minimum Gasteiger partial charge on any atom is -0.481 e. The number of nitrogens with zero attached hydrogens (tertiary/aromatic N) is 2. The minimum absolute atomic E-state index is 0.0853. The maximum absolute atomic E-state index is 14.7. The number of benzene rings is 1. The first-order chi connectivity index (χ1) is 29.7. The molecule has 8 N–H and O–H groups in total. The molecular weight excluding hydrogens is 795 g/mol. The van der Waals surface area contributed by atoms with Gasteiger partial charge in [-0.3, -0.25) is 29.0 Å². The minimum atomic E-state index is -1.37. The number of amides is 4. The van der Waals surface area contributed by atoms with Gasteiger partial charge >= 0.3 is 5.97 Å². The predicted molar refractivity (Wildman–Crippen MR) is 230 cm³/mol. The number of carbonyl (C=O) groups excluding carboxylic acids is 4. The average molecular weight is 864 g/mol. The Labute approximate surface area is 365 Å². The summed E-state index contributed by atoms with van der Waals surface area (Å²) in [5.41, 5.74) is 12.0. The second-order valence-electron chi connectivity index (χ2n) is 19.4. The average Bonchev–Trinajstić information content (AvgIpc) is 3.95. The van der Waals surface area contributed by atoms with Gasteiger partial charge < -0.3 is 51.6 Å². The van der Waals surface area contributed by atoms with E-state index in [2.05, 4.69) is 34.8 Å². The van der Waals surface area contributed by atoms with Crippen molar-refractivity contribution in [1.82, 2.24) is 20.9 Å². The fraction of sp³-hybridized carbons (Fsp3) is 0.739. The number of aliphatic imine (C=N–C) groups is 1. The quantitative estimate of drug-likeness (QED) is 0.0850. The van der Waals surface area contributed by atoms with Gasteiger partial charge in [0.25, 0.3) is 0 Å². The Kier molecular flexibility index (Phi) is 14.2. The lowest BCUT2D eigenvalue weighted by atomic mass is 9.42. The topological polar surface area (TPSA) is 237 Å². The molecule has 0 radical (unpaired) electrons. The molecule has 3 aliphatic carbocycles. The summed E-state index contributed by atoms with van der Waals surface area (Å²) in [4.78, 5) is 73.7. The fourth-order valence-corrected chi connectivity index (χ4v) is 12.7. The van der Waals surface area contributed by atoms with Crippen molar-refractivity contribution in [2.24, 2.45) is 51.0 Å².